The molecule has 0 aromatic carbocycles. The molecule has 1 fully saturated rings. The molecule has 1 atom stereocenters. The third-order valence-corrected chi connectivity index (χ3v) is 1.77. The number of hydrogen-bond donors (Lipinski definition) is 1. The van der Waals surface area contributed by atoms with Crippen molar-refractivity contribution in [3.05, 3.63) is 12.2 Å². The van der Waals surface area contributed by atoms with Gasteiger partial charge in [-0.2, -0.15) is 0 Å². The molecule has 3 heteroatoms. The SMILES string of the molecule is C=C1CC(C(=O)O)N(C)C1. The smallest absolute Gasteiger partial charge is 0.321 e. The maximum absolute atomic E-state index is 10.5. The van der Waals surface area contributed by atoms with Crippen LogP contribution in [0.25, 0.3) is 0 Å². The number of likely N-dealkylation sites (N-methyl/N-ethyl adjacent to an activating group) is 1. The van der Waals surface area contributed by atoms with Crippen LogP contribution in [0.15, 0.2) is 12.2 Å². The van der Waals surface area contributed by atoms with Crippen molar-refractivity contribution in [2.75, 3.05) is 13.6 Å². The van der Waals surface area contributed by atoms with E-state index in [9.17, 15) is 4.79 Å². The summed E-state index contributed by atoms with van der Waals surface area (Å²) in [7, 11) is 1.80. The molecule has 10 heavy (non-hydrogen) atoms. The zero-order valence-corrected chi connectivity index (χ0v) is 6.00. The quantitative estimate of drug-likeness (QED) is 0.535. The number of likely N-dealkylation sites (tertiary alicyclic amines) is 1. The first-order valence-corrected chi connectivity index (χ1v) is 3.21. The van der Waals surface area contributed by atoms with Crippen molar-refractivity contribution in [2.45, 2.75) is 12.5 Å². The van der Waals surface area contributed by atoms with Gasteiger partial charge in [-0.3, -0.25) is 9.69 Å². The van der Waals surface area contributed by atoms with Gasteiger partial charge in [-0.1, -0.05) is 12.2 Å². The Morgan fingerprint density at radius 2 is 2.50 bits per heavy atom. The predicted molar refractivity (Wildman–Crippen MR) is 37.8 cm³/mol. The van der Waals surface area contributed by atoms with Gasteiger partial charge in [-0.05, 0) is 13.5 Å². The zero-order valence-electron chi connectivity index (χ0n) is 6.00. The highest BCUT2D eigenvalue weighted by molar-refractivity contribution is 5.74. The maximum atomic E-state index is 10.5. The first-order valence-electron chi connectivity index (χ1n) is 3.21. The fourth-order valence-electron chi connectivity index (χ4n) is 1.23. The van der Waals surface area contributed by atoms with E-state index in [2.05, 4.69) is 6.58 Å². The molecule has 1 aliphatic heterocycles. The van der Waals surface area contributed by atoms with E-state index in [-0.39, 0.29) is 6.04 Å². The normalized spacial score (nSPS) is 27.3. The molecule has 56 valence electrons. The number of rotatable bonds is 1. The van der Waals surface area contributed by atoms with Crippen molar-refractivity contribution in [1.82, 2.24) is 4.90 Å². The Labute approximate surface area is 59.9 Å². The fourth-order valence-corrected chi connectivity index (χ4v) is 1.23. The van der Waals surface area contributed by atoms with Crippen LogP contribution in [0.1, 0.15) is 6.42 Å². The van der Waals surface area contributed by atoms with Crippen LogP contribution in [0.2, 0.25) is 0 Å². The van der Waals surface area contributed by atoms with Crippen molar-refractivity contribution in [1.29, 1.82) is 0 Å². The standard InChI is InChI=1S/C7H11NO2/c1-5-3-6(7(9)10)8(2)4-5/h6H,1,3-4H2,2H3,(H,9,10). The number of carboxylic acids is 1. The molecule has 0 saturated carbocycles. The molecule has 1 aliphatic rings. The van der Waals surface area contributed by atoms with Gasteiger partial charge in [0.05, 0.1) is 0 Å². The summed E-state index contributed by atoms with van der Waals surface area (Å²) in [5.74, 6) is -0.749. The molecule has 1 N–H and O–H groups in total. The van der Waals surface area contributed by atoms with Crippen molar-refractivity contribution in [2.24, 2.45) is 0 Å². The van der Waals surface area contributed by atoms with Crippen molar-refractivity contribution in [3.63, 3.8) is 0 Å². The highest BCUT2D eigenvalue weighted by atomic mass is 16.4. The van der Waals surface area contributed by atoms with Gasteiger partial charge in [-0.25, -0.2) is 0 Å². The number of nitrogens with zero attached hydrogens (tertiary/aromatic N) is 1. The number of carboxylic acid groups (broad SMARTS) is 1. The maximum Gasteiger partial charge on any atom is 0.321 e. The minimum atomic E-state index is -0.749. The molecule has 1 rings (SSSR count). The van der Waals surface area contributed by atoms with Gasteiger partial charge < -0.3 is 5.11 Å². The summed E-state index contributed by atoms with van der Waals surface area (Å²) in [4.78, 5) is 12.3. The largest absolute Gasteiger partial charge is 0.480 e. The third-order valence-electron chi connectivity index (χ3n) is 1.77. The average molecular weight is 141 g/mol. The molecule has 1 saturated heterocycles. The lowest BCUT2D eigenvalue weighted by Crippen LogP contribution is -2.32. The van der Waals surface area contributed by atoms with Crippen LogP contribution in [0.4, 0.5) is 0 Å². The van der Waals surface area contributed by atoms with Crippen molar-refractivity contribution >= 4 is 5.97 Å². The molecular weight excluding hydrogens is 130 g/mol. The van der Waals surface area contributed by atoms with Crippen LogP contribution in [0.5, 0.6) is 0 Å². The lowest BCUT2D eigenvalue weighted by atomic mass is 10.2. The van der Waals surface area contributed by atoms with E-state index in [0.29, 0.717) is 6.42 Å². The molecule has 0 aromatic heterocycles. The molecule has 0 bridgehead atoms. The zero-order chi connectivity index (χ0) is 7.72. The molecule has 0 aliphatic carbocycles. The van der Waals surface area contributed by atoms with E-state index in [1.54, 1.807) is 11.9 Å². The minimum Gasteiger partial charge on any atom is -0.480 e. The summed E-state index contributed by atoms with van der Waals surface area (Å²) >= 11 is 0. The Balaban J connectivity index is 2.63. The van der Waals surface area contributed by atoms with Crippen LogP contribution in [0, 0.1) is 0 Å². The molecule has 1 unspecified atom stereocenters. The summed E-state index contributed by atoms with van der Waals surface area (Å²) in [6.45, 7) is 4.45. The third kappa shape index (κ3) is 1.19. The van der Waals surface area contributed by atoms with E-state index in [0.717, 1.165) is 12.1 Å². The first-order chi connectivity index (χ1) is 4.61. The van der Waals surface area contributed by atoms with E-state index in [4.69, 9.17) is 5.11 Å². The Kier molecular flexibility index (Phi) is 1.76. The monoisotopic (exact) mass is 141 g/mol. The lowest BCUT2D eigenvalue weighted by Gasteiger charge is -2.12. The Hall–Kier alpha value is -0.830. The highest BCUT2D eigenvalue weighted by Crippen LogP contribution is 2.18. The van der Waals surface area contributed by atoms with Gasteiger partial charge in [0.1, 0.15) is 6.04 Å². The molecule has 1 heterocycles. The van der Waals surface area contributed by atoms with Gasteiger partial charge >= 0.3 is 5.97 Å². The van der Waals surface area contributed by atoms with Crippen LogP contribution in [-0.4, -0.2) is 35.6 Å². The second-order valence-corrected chi connectivity index (χ2v) is 2.72. The lowest BCUT2D eigenvalue weighted by molar-refractivity contribution is -0.141. The Bertz CT molecular complexity index is 176. The summed E-state index contributed by atoms with van der Waals surface area (Å²) in [6.07, 6.45) is 0.603. The van der Waals surface area contributed by atoms with E-state index in [1.807, 2.05) is 0 Å². The van der Waals surface area contributed by atoms with E-state index >= 15 is 0 Å². The van der Waals surface area contributed by atoms with Gasteiger partial charge in [0.2, 0.25) is 0 Å². The Morgan fingerprint density at radius 3 is 2.70 bits per heavy atom. The molecule has 0 aromatic rings. The van der Waals surface area contributed by atoms with Gasteiger partial charge in [-0.15, -0.1) is 0 Å². The summed E-state index contributed by atoms with van der Waals surface area (Å²) < 4.78 is 0. The topological polar surface area (TPSA) is 40.5 Å². The summed E-state index contributed by atoms with van der Waals surface area (Å²) in [5.41, 5.74) is 1.01. The number of carbonyl (C=O) groups is 1. The van der Waals surface area contributed by atoms with Crippen LogP contribution in [0.3, 0.4) is 0 Å². The minimum absolute atomic E-state index is 0.340. The average Bonchev–Trinajstić information content (AvgIpc) is 2.10. The fraction of sp³-hybridized carbons (Fsp3) is 0.571. The summed E-state index contributed by atoms with van der Waals surface area (Å²) in [5, 5.41) is 8.62. The van der Waals surface area contributed by atoms with Gasteiger partial charge in [0.25, 0.3) is 0 Å². The van der Waals surface area contributed by atoms with Crippen LogP contribution in [-0.2, 0) is 4.79 Å². The number of aliphatic carboxylic acids is 1. The van der Waals surface area contributed by atoms with Gasteiger partial charge in [0.15, 0.2) is 0 Å². The van der Waals surface area contributed by atoms with E-state index in [1.165, 1.54) is 0 Å². The van der Waals surface area contributed by atoms with Crippen LogP contribution >= 0.6 is 0 Å². The second-order valence-electron chi connectivity index (χ2n) is 2.72. The first kappa shape index (κ1) is 7.28. The van der Waals surface area contributed by atoms with Crippen molar-refractivity contribution < 1.29 is 9.90 Å². The highest BCUT2D eigenvalue weighted by Gasteiger charge is 2.29. The molecule has 3 nitrogen and oxygen atoms in total. The molecule has 0 spiro atoms. The Morgan fingerprint density at radius 1 is 1.90 bits per heavy atom. The van der Waals surface area contributed by atoms with Crippen LogP contribution < -0.4 is 0 Å². The molecule has 0 amide bonds. The second kappa shape index (κ2) is 2.42. The molecular formula is C7H11NO2. The van der Waals surface area contributed by atoms with Crippen molar-refractivity contribution in [3.8, 4) is 0 Å². The predicted octanol–water partition coefficient (Wildman–Crippen LogP) is 0.331. The van der Waals surface area contributed by atoms with Gasteiger partial charge in [0, 0.05) is 6.54 Å². The number of hydrogen-bond acceptors (Lipinski definition) is 2. The molecule has 0 radical (unpaired) electrons. The van der Waals surface area contributed by atoms with E-state index < -0.39 is 5.97 Å². The summed E-state index contributed by atoms with van der Waals surface area (Å²) in [6, 6.07) is -0.340.